The van der Waals surface area contributed by atoms with E-state index in [4.69, 9.17) is 25.5 Å². The van der Waals surface area contributed by atoms with Crippen LogP contribution in [-0.2, 0) is 9.53 Å². The fraction of sp³-hybridized carbons (Fsp3) is 0.833. The lowest BCUT2D eigenvalue weighted by Crippen LogP contribution is -2.48. The van der Waals surface area contributed by atoms with Crippen LogP contribution in [0.4, 0.5) is 0 Å². The largest absolute Gasteiger partial charge is 0.414 e. The summed E-state index contributed by atoms with van der Waals surface area (Å²) in [6.07, 6.45) is -5.46. The topological polar surface area (TPSA) is 131 Å². The fourth-order valence-electron chi connectivity index (χ4n) is 0.847. The maximum atomic E-state index is 10.4. The van der Waals surface area contributed by atoms with Crippen LogP contribution in [0.25, 0.3) is 0 Å². The average Bonchev–Trinajstić information content (AvgIpc) is 2.72. The molecule has 1 aliphatic heterocycles. The molecule has 1 heterocycles. The summed E-state index contributed by atoms with van der Waals surface area (Å²) >= 11 is 0. The average molecular weight is 194 g/mol. The molecule has 13 heavy (non-hydrogen) atoms. The highest BCUT2D eigenvalue weighted by Gasteiger charge is 2.65. The Morgan fingerprint density at radius 2 is 1.85 bits per heavy atom. The monoisotopic (exact) mass is 194 g/mol. The first-order valence-corrected chi connectivity index (χ1v) is 3.54. The lowest BCUT2D eigenvalue weighted by molar-refractivity contribution is -0.155. The van der Waals surface area contributed by atoms with Crippen molar-refractivity contribution in [1.82, 2.24) is 0 Å². The van der Waals surface area contributed by atoms with Crippen LogP contribution in [0.2, 0.25) is 0 Å². The molecule has 5 N–H and O–H groups in total. The third-order valence-corrected chi connectivity index (χ3v) is 1.80. The molecule has 7 heteroatoms. The maximum Gasteiger partial charge on any atom is 0.385 e. The summed E-state index contributed by atoms with van der Waals surface area (Å²) in [5.74, 6) is -3.51. The predicted molar refractivity (Wildman–Crippen MR) is 36.1 cm³/mol. The normalized spacial score (nSPS) is 33.5. The number of hydrogen-bond acceptors (Lipinski definition) is 7. The lowest BCUT2D eigenvalue weighted by Gasteiger charge is -2.21. The molecular weight excluding hydrogens is 184 g/mol. The van der Waals surface area contributed by atoms with E-state index < -0.39 is 36.7 Å². The minimum absolute atomic E-state index is 0.803. The van der Waals surface area contributed by atoms with Gasteiger partial charge in [0.15, 0.2) is 6.10 Å². The van der Waals surface area contributed by atoms with Crippen molar-refractivity contribution < 1.29 is 35.1 Å². The molecule has 0 amide bonds. The van der Waals surface area contributed by atoms with E-state index >= 15 is 0 Å². The van der Waals surface area contributed by atoms with E-state index in [9.17, 15) is 4.79 Å². The number of hydrogen-bond donors (Lipinski definition) is 5. The molecule has 0 aromatic heterocycles. The van der Waals surface area contributed by atoms with Gasteiger partial charge in [-0.25, -0.2) is 4.79 Å². The van der Waals surface area contributed by atoms with Crippen molar-refractivity contribution in [2.45, 2.75) is 24.1 Å². The van der Waals surface area contributed by atoms with Crippen molar-refractivity contribution in [3.63, 3.8) is 0 Å². The number of carbonyl (C=O) groups is 1. The molecule has 0 bridgehead atoms. The quantitative estimate of drug-likeness (QED) is 0.291. The molecule has 7 nitrogen and oxygen atoms in total. The summed E-state index contributed by atoms with van der Waals surface area (Å²) in [4.78, 5) is 10.4. The van der Waals surface area contributed by atoms with Gasteiger partial charge in [-0.15, -0.1) is 0 Å². The Hall–Kier alpha value is -0.730. The van der Waals surface area contributed by atoms with Gasteiger partial charge >= 0.3 is 11.8 Å². The summed E-state index contributed by atoms with van der Waals surface area (Å²) in [5, 5.41) is 44.3. The van der Waals surface area contributed by atoms with Crippen LogP contribution in [-0.4, -0.2) is 62.2 Å². The second kappa shape index (κ2) is 3.20. The third-order valence-electron chi connectivity index (χ3n) is 1.80. The first-order valence-electron chi connectivity index (χ1n) is 3.54. The molecule has 1 fully saturated rings. The molecule has 0 radical (unpaired) electrons. The Morgan fingerprint density at radius 3 is 2.15 bits per heavy atom. The van der Waals surface area contributed by atoms with Gasteiger partial charge in [-0.1, -0.05) is 0 Å². The van der Waals surface area contributed by atoms with Gasteiger partial charge in [0.05, 0.1) is 6.61 Å². The fourth-order valence-corrected chi connectivity index (χ4v) is 0.847. The van der Waals surface area contributed by atoms with Crippen molar-refractivity contribution in [3.8, 4) is 0 Å². The minimum atomic E-state index is -2.43. The Bertz CT molecular complexity index is 217. The van der Waals surface area contributed by atoms with E-state index in [0.29, 0.717) is 0 Å². The predicted octanol–water partition coefficient (Wildman–Crippen LogP) is -3.69. The van der Waals surface area contributed by atoms with E-state index in [1.807, 2.05) is 0 Å². The van der Waals surface area contributed by atoms with Crippen LogP contribution in [0.15, 0.2) is 0 Å². The number of ether oxygens (including phenoxy) is 1. The van der Waals surface area contributed by atoms with Crippen molar-refractivity contribution in [3.05, 3.63) is 0 Å². The van der Waals surface area contributed by atoms with Gasteiger partial charge in [0.2, 0.25) is 0 Å². The second-order valence-corrected chi connectivity index (χ2v) is 2.77. The lowest BCUT2D eigenvalue weighted by atomic mass is 10.0. The molecule has 1 saturated heterocycles. The SMILES string of the molecule is O=C1O[C@@]1(O)[C@@H](O)[C@@H](O)[C@H](O)CO. The van der Waals surface area contributed by atoms with Gasteiger partial charge in [-0.2, -0.15) is 0 Å². The minimum Gasteiger partial charge on any atom is -0.414 e. The van der Waals surface area contributed by atoms with Crippen LogP contribution in [0.3, 0.4) is 0 Å². The van der Waals surface area contributed by atoms with E-state index in [1.54, 1.807) is 0 Å². The molecule has 0 aromatic carbocycles. The molecule has 0 spiro atoms. The molecule has 1 rings (SSSR count). The van der Waals surface area contributed by atoms with Crippen LogP contribution in [0, 0.1) is 0 Å². The second-order valence-electron chi connectivity index (χ2n) is 2.77. The third kappa shape index (κ3) is 1.64. The maximum absolute atomic E-state index is 10.4. The zero-order valence-electron chi connectivity index (χ0n) is 6.49. The summed E-state index contributed by atoms with van der Waals surface area (Å²) in [6, 6.07) is 0. The van der Waals surface area contributed by atoms with Gasteiger partial charge in [0.1, 0.15) is 12.2 Å². The summed E-state index contributed by atoms with van der Waals surface area (Å²) in [6.45, 7) is -0.803. The van der Waals surface area contributed by atoms with E-state index in [0.717, 1.165) is 0 Å². The van der Waals surface area contributed by atoms with Crippen LogP contribution < -0.4 is 0 Å². The summed E-state index contributed by atoms with van der Waals surface area (Å²) in [7, 11) is 0. The number of carbonyl (C=O) groups excluding carboxylic acids is 1. The smallest absolute Gasteiger partial charge is 0.385 e. The number of aliphatic hydroxyl groups excluding tert-OH is 4. The number of epoxide rings is 1. The van der Waals surface area contributed by atoms with Crippen LogP contribution in [0.5, 0.6) is 0 Å². The zero-order chi connectivity index (χ0) is 10.2. The zero-order valence-corrected chi connectivity index (χ0v) is 6.49. The molecule has 0 unspecified atom stereocenters. The number of rotatable bonds is 4. The van der Waals surface area contributed by atoms with Gasteiger partial charge < -0.3 is 30.3 Å². The Kier molecular flexibility index (Phi) is 2.55. The van der Waals surface area contributed by atoms with Gasteiger partial charge in [0, 0.05) is 0 Å². The molecule has 0 aromatic rings. The molecule has 76 valence electrons. The standard InChI is InChI=1S/C6H10O7/c7-1-2(8)3(9)4(10)6(12)5(11)13-6/h2-4,7-10,12H,1H2/t2-,3+,4+,6+/m1/s1. The highest BCUT2D eigenvalue weighted by Crippen LogP contribution is 2.31. The summed E-state index contributed by atoms with van der Waals surface area (Å²) in [5.41, 5.74) is 0. The summed E-state index contributed by atoms with van der Waals surface area (Å²) < 4.78 is 4.00. The molecular formula is C6H10O7. The van der Waals surface area contributed by atoms with Crippen molar-refractivity contribution in [2.75, 3.05) is 6.61 Å². The molecule has 0 aliphatic carbocycles. The molecule has 0 saturated carbocycles. The number of cyclic esters (lactones) is 1. The molecule has 4 atom stereocenters. The highest BCUT2D eigenvalue weighted by atomic mass is 16.8. The van der Waals surface area contributed by atoms with Crippen molar-refractivity contribution in [2.24, 2.45) is 0 Å². The molecule has 1 aliphatic rings. The van der Waals surface area contributed by atoms with Gasteiger partial charge in [0.25, 0.3) is 0 Å². The van der Waals surface area contributed by atoms with Crippen LogP contribution in [0.1, 0.15) is 0 Å². The van der Waals surface area contributed by atoms with E-state index in [1.165, 1.54) is 0 Å². The van der Waals surface area contributed by atoms with E-state index in [2.05, 4.69) is 4.74 Å². The van der Waals surface area contributed by atoms with Crippen LogP contribution >= 0.6 is 0 Å². The first kappa shape index (κ1) is 10.4. The Labute approximate surface area is 72.8 Å². The van der Waals surface area contributed by atoms with Crippen molar-refractivity contribution >= 4 is 5.97 Å². The number of aliphatic hydroxyl groups is 5. The first-order chi connectivity index (χ1) is 5.93. The Balaban J connectivity index is 2.57. The highest BCUT2D eigenvalue weighted by molar-refractivity contribution is 5.91. The van der Waals surface area contributed by atoms with Gasteiger partial charge in [-0.3, -0.25) is 0 Å². The van der Waals surface area contributed by atoms with Gasteiger partial charge in [-0.05, 0) is 0 Å². The van der Waals surface area contributed by atoms with Crippen molar-refractivity contribution in [1.29, 1.82) is 0 Å². The van der Waals surface area contributed by atoms with E-state index in [-0.39, 0.29) is 0 Å². The Morgan fingerprint density at radius 1 is 1.38 bits per heavy atom.